The maximum absolute atomic E-state index is 12.3. The number of benzene rings is 2. The number of ether oxygens (including phenoxy) is 3. The predicted octanol–water partition coefficient (Wildman–Crippen LogP) is 3.66. The smallest absolute Gasteiger partial charge is 0.414 e. The van der Waals surface area contributed by atoms with Crippen LogP contribution in [0.15, 0.2) is 48.5 Å². The lowest BCUT2D eigenvalue weighted by atomic mass is 10.1. The van der Waals surface area contributed by atoms with E-state index in [9.17, 15) is 9.59 Å². The van der Waals surface area contributed by atoms with E-state index in [2.05, 4.69) is 0 Å². The third-order valence-corrected chi connectivity index (χ3v) is 3.56. The van der Waals surface area contributed by atoms with Crippen LogP contribution in [-0.2, 0) is 0 Å². The Labute approximate surface area is 152 Å². The number of methoxy groups -OCH3 is 2. The topological polar surface area (TPSA) is 65.1 Å². The van der Waals surface area contributed by atoms with Crippen molar-refractivity contribution in [1.82, 2.24) is 4.90 Å². The maximum atomic E-state index is 12.3. The van der Waals surface area contributed by atoms with E-state index >= 15 is 0 Å². The van der Waals surface area contributed by atoms with Crippen LogP contribution in [-0.4, -0.2) is 45.1 Å². The summed E-state index contributed by atoms with van der Waals surface area (Å²) in [5, 5.41) is 0. The number of nitrogens with zero attached hydrogens (tertiary/aromatic N) is 1. The van der Waals surface area contributed by atoms with Gasteiger partial charge in [0.25, 0.3) is 0 Å². The second-order valence-electron chi connectivity index (χ2n) is 5.59. The molecule has 6 heteroatoms. The fourth-order valence-electron chi connectivity index (χ4n) is 2.10. The van der Waals surface area contributed by atoms with Crippen molar-refractivity contribution >= 4 is 18.0 Å². The van der Waals surface area contributed by atoms with Crippen LogP contribution in [0.1, 0.15) is 15.9 Å². The molecule has 0 saturated carbocycles. The van der Waals surface area contributed by atoms with Crippen molar-refractivity contribution in [3.8, 4) is 17.2 Å². The molecule has 0 aromatic heterocycles. The first-order valence-electron chi connectivity index (χ1n) is 7.88. The molecular formula is C20H21NO5. The Hall–Kier alpha value is -3.28. The Morgan fingerprint density at radius 3 is 2.15 bits per heavy atom. The van der Waals surface area contributed by atoms with Gasteiger partial charge in [0.15, 0.2) is 5.78 Å². The standard InChI is InChI=1S/C20H21NO5/c1-21(2)20(23)26-16-9-5-14(6-10-16)18(22)12-8-15-7-11-17(24-3)13-19(15)25-4/h5-13H,1-4H3/b12-8+. The normalized spacial score (nSPS) is 10.5. The van der Waals surface area contributed by atoms with Crippen molar-refractivity contribution in [3.05, 3.63) is 59.7 Å². The first-order chi connectivity index (χ1) is 12.4. The summed E-state index contributed by atoms with van der Waals surface area (Å²) in [4.78, 5) is 25.1. The number of carbonyl (C=O) groups is 2. The molecule has 6 nitrogen and oxygen atoms in total. The van der Waals surface area contributed by atoms with Crippen LogP contribution in [0.3, 0.4) is 0 Å². The summed E-state index contributed by atoms with van der Waals surface area (Å²) in [7, 11) is 6.33. The van der Waals surface area contributed by atoms with Gasteiger partial charge in [-0.25, -0.2) is 4.79 Å². The van der Waals surface area contributed by atoms with E-state index in [1.54, 1.807) is 70.8 Å². The van der Waals surface area contributed by atoms with Gasteiger partial charge in [0.2, 0.25) is 0 Å². The van der Waals surface area contributed by atoms with Gasteiger partial charge in [-0.3, -0.25) is 4.79 Å². The second kappa shape index (κ2) is 8.71. The van der Waals surface area contributed by atoms with E-state index in [0.717, 1.165) is 5.56 Å². The quantitative estimate of drug-likeness (QED) is 0.584. The molecule has 0 radical (unpaired) electrons. The first-order valence-corrected chi connectivity index (χ1v) is 7.88. The Morgan fingerprint density at radius 2 is 1.58 bits per heavy atom. The zero-order valence-electron chi connectivity index (χ0n) is 15.2. The summed E-state index contributed by atoms with van der Waals surface area (Å²) in [6.07, 6.45) is 2.67. The number of rotatable bonds is 6. The molecule has 0 spiro atoms. The fourth-order valence-corrected chi connectivity index (χ4v) is 2.10. The third-order valence-electron chi connectivity index (χ3n) is 3.56. The van der Waals surface area contributed by atoms with E-state index in [0.29, 0.717) is 22.8 Å². The SMILES string of the molecule is COc1ccc(/C=C/C(=O)c2ccc(OC(=O)N(C)C)cc2)c(OC)c1. The summed E-state index contributed by atoms with van der Waals surface area (Å²) in [6, 6.07) is 11.7. The molecule has 2 rings (SSSR count). The van der Waals surface area contributed by atoms with Crippen molar-refractivity contribution in [2.45, 2.75) is 0 Å². The number of allylic oxidation sites excluding steroid dienone is 1. The van der Waals surface area contributed by atoms with Gasteiger partial charge in [0.05, 0.1) is 14.2 Å². The average Bonchev–Trinajstić information content (AvgIpc) is 2.66. The first kappa shape index (κ1) is 19.1. The molecule has 2 aromatic carbocycles. The van der Waals surface area contributed by atoms with Gasteiger partial charge in [-0.1, -0.05) is 0 Å². The Bertz CT molecular complexity index is 809. The number of hydrogen-bond donors (Lipinski definition) is 0. The van der Waals surface area contributed by atoms with Crippen LogP contribution >= 0.6 is 0 Å². The molecular weight excluding hydrogens is 334 g/mol. The van der Waals surface area contributed by atoms with E-state index in [4.69, 9.17) is 14.2 Å². The molecule has 26 heavy (non-hydrogen) atoms. The Kier molecular flexibility index (Phi) is 6.38. The minimum atomic E-state index is -0.476. The Balaban J connectivity index is 2.10. The molecule has 0 saturated heterocycles. The summed E-state index contributed by atoms with van der Waals surface area (Å²) in [5.74, 6) is 1.49. The van der Waals surface area contributed by atoms with Crippen molar-refractivity contribution in [2.75, 3.05) is 28.3 Å². The molecule has 0 unspecified atom stereocenters. The van der Waals surface area contributed by atoms with Gasteiger partial charge in [0, 0.05) is 31.3 Å². The number of amides is 1. The van der Waals surface area contributed by atoms with Crippen molar-refractivity contribution < 1.29 is 23.8 Å². The molecule has 2 aromatic rings. The highest BCUT2D eigenvalue weighted by Gasteiger charge is 2.08. The number of carbonyl (C=O) groups excluding carboxylic acids is 2. The van der Waals surface area contributed by atoms with Crippen LogP contribution in [0.25, 0.3) is 6.08 Å². The number of hydrogen-bond acceptors (Lipinski definition) is 5. The molecule has 0 aliphatic carbocycles. The molecule has 0 bridgehead atoms. The fraction of sp³-hybridized carbons (Fsp3) is 0.200. The lowest BCUT2D eigenvalue weighted by Crippen LogP contribution is -2.25. The van der Waals surface area contributed by atoms with E-state index in [1.807, 2.05) is 6.07 Å². The zero-order valence-corrected chi connectivity index (χ0v) is 15.2. The largest absolute Gasteiger partial charge is 0.497 e. The molecule has 0 heterocycles. The average molecular weight is 355 g/mol. The molecule has 1 amide bonds. The molecule has 0 fully saturated rings. The molecule has 0 aliphatic rings. The van der Waals surface area contributed by atoms with E-state index in [-0.39, 0.29) is 5.78 Å². The van der Waals surface area contributed by atoms with Gasteiger partial charge in [0.1, 0.15) is 17.2 Å². The molecule has 0 aliphatic heterocycles. The second-order valence-corrected chi connectivity index (χ2v) is 5.59. The van der Waals surface area contributed by atoms with Crippen molar-refractivity contribution in [1.29, 1.82) is 0 Å². The van der Waals surface area contributed by atoms with Gasteiger partial charge in [-0.05, 0) is 48.6 Å². The molecule has 0 N–H and O–H groups in total. The summed E-state index contributed by atoms with van der Waals surface area (Å²) < 4.78 is 15.6. The van der Waals surface area contributed by atoms with Crippen LogP contribution in [0.2, 0.25) is 0 Å². The van der Waals surface area contributed by atoms with Crippen molar-refractivity contribution in [3.63, 3.8) is 0 Å². The van der Waals surface area contributed by atoms with Gasteiger partial charge in [-0.15, -0.1) is 0 Å². The van der Waals surface area contributed by atoms with Gasteiger partial charge < -0.3 is 19.1 Å². The highest BCUT2D eigenvalue weighted by Crippen LogP contribution is 2.25. The van der Waals surface area contributed by atoms with Crippen molar-refractivity contribution in [2.24, 2.45) is 0 Å². The number of ketones is 1. The van der Waals surface area contributed by atoms with Gasteiger partial charge >= 0.3 is 6.09 Å². The predicted molar refractivity (Wildman–Crippen MR) is 99.1 cm³/mol. The third kappa shape index (κ3) is 4.86. The summed E-state index contributed by atoms with van der Waals surface area (Å²) in [6.45, 7) is 0. The minimum Gasteiger partial charge on any atom is -0.497 e. The Morgan fingerprint density at radius 1 is 0.923 bits per heavy atom. The lowest BCUT2D eigenvalue weighted by molar-refractivity contribution is 0.104. The maximum Gasteiger partial charge on any atom is 0.414 e. The van der Waals surface area contributed by atoms with Crippen LogP contribution in [0, 0.1) is 0 Å². The summed E-state index contributed by atoms with van der Waals surface area (Å²) >= 11 is 0. The molecule has 136 valence electrons. The van der Waals surface area contributed by atoms with Crippen LogP contribution in [0.5, 0.6) is 17.2 Å². The highest BCUT2D eigenvalue weighted by atomic mass is 16.6. The summed E-state index contributed by atoms with van der Waals surface area (Å²) in [5.41, 5.74) is 1.25. The highest BCUT2D eigenvalue weighted by molar-refractivity contribution is 6.07. The lowest BCUT2D eigenvalue weighted by Gasteiger charge is -2.10. The molecule has 0 atom stereocenters. The van der Waals surface area contributed by atoms with Gasteiger partial charge in [-0.2, -0.15) is 0 Å². The van der Waals surface area contributed by atoms with Crippen LogP contribution in [0.4, 0.5) is 4.79 Å². The minimum absolute atomic E-state index is 0.173. The van der Waals surface area contributed by atoms with E-state index < -0.39 is 6.09 Å². The monoisotopic (exact) mass is 355 g/mol. The van der Waals surface area contributed by atoms with Crippen LogP contribution < -0.4 is 14.2 Å². The van der Waals surface area contributed by atoms with E-state index in [1.165, 1.54) is 11.0 Å². The zero-order chi connectivity index (χ0) is 19.1.